The average molecular weight is 293 g/mol. The topological polar surface area (TPSA) is 58.4 Å². The van der Waals surface area contributed by atoms with Crippen LogP contribution in [0, 0.1) is 18.7 Å². The lowest BCUT2D eigenvalue weighted by Crippen LogP contribution is -2.50. The maximum Gasteiger partial charge on any atom is 0.234 e. The van der Waals surface area contributed by atoms with Crippen LogP contribution in [-0.2, 0) is 11.3 Å². The summed E-state index contributed by atoms with van der Waals surface area (Å²) in [6, 6.07) is 5.03. The van der Waals surface area contributed by atoms with Crippen LogP contribution in [0.4, 0.5) is 4.39 Å². The Morgan fingerprint density at radius 1 is 1.52 bits per heavy atom. The lowest BCUT2D eigenvalue weighted by atomic mass is 9.94. The van der Waals surface area contributed by atoms with E-state index in [0.29, 0.717) is 24.6 Å². The van der Waals surface area contributed by atoms with Crippen molar-refractivity contribution in [3.8, 4) is 0 Å². The third kappa shape index (κ3) is 4.51. The fourth-order valence-electron chi connectivity index (χ4n) is 2.59. The molecular formula is C16H24FN3O. The summed E-state index contributed by atoms with van der Waals surface area (Å²) in [7, 11) is 0. The van der Waals surface area contributed by atoms with Gasteiger partial charge in [0.2, 0.25) is 5.91 Å². The largest absolute Gasteiger partial charge is 0.351 e. The minimum absolute atomic E-state index is 0.0151. The number of benzene rings is 1. The van der Waals surface area contributed by atoms with E-state index in [1.165, 1.54) is 6.07 Å². The summed E-state index contributed by atoms with van der Waals surface area (Å²) in [5, 5.41) is 2.88. The van der Waals surface area contributed by atoms with Crippen molar-refractivity contribution >= 4 is 5.91 Å². The number of rotatable bonds is 4. The van der Waals surface area contributed by atoms with E-state index >= 15 is 0 Å². The van der Waals surface area contributed by atoms with E-state index < -0.39 is 0 Å². The molecule has 1 saturated heterocycles. The molecule has 1 aliphatic rings. The number of likely N-dealkylation sites (tertiary alicyclic amines) is 1. The molecule has 0 spiro atoms. The molecule has 0 bridgehead atoms. The molecule has 2 atom stereocenters. The Balaban J connectivity index is 1.78. The van der Waals surface area contributed by atoms with Gasteiger partial charge in [-0.05, 0) is 43.0 Å². The second-order valence-corrected chi connectivity index (χ2v) is 6.03. The molecule has 0 radical (unpaired) electrons. The molecule has 1 amide bonds. The van der Waals surface area contributed by atoms with E-state index in [1.807, 2.05) is 0 Å². The summed E-state index contributed by atoms with van der Waals surface area (Å²) in [5.41, 5.74) is 7.53. The molecule has 116 valence electrons. The van der Waals surface area contributed by atoms with Gasteiger partial charge >= 0.3 is 0 Å². The standard InChI is InChI=1S/C16H24FN3O/c1-11-5-6-20(9-15(11)18)10-16(21)19-8-13-3-4-14(17)12(2)7-13/h3-4,7,11,15H,5-6,8-10,18H2,1-2H3,(H,19,21). The molecule has 2 rings (SSSR count). The molecule has 1 heterocycles. The summed E-state index contributed by atoms with van der Waals surface area (Å²) in [4.78, 5) is 14.1. The molecule has 2 unspecified atom stereocenters. The van der Waals surface area contributed by atoms with Gasteiger partial charge in [0.05, 0.1) is 6.54 Å². The first-order valence-corrected chi connectivity index (χ1v) is 7.45. The van der Waals surface area contributed by atoms with Gasteiger partial charge in [-0.1, -0.05) is 19.1 Å². The molecular weight excluding hydrogens is 269 g/mol. The molecule has 0 saturated carbocycles. The third-order valence-corrected chi connectivity index (χ3v) is 4.18. The molecule has 1 fully saturated rings. The van der Waals surface area contributed by atoms with Gasteiger partial charge in [0.15, 0.2) is 0 Å². The molecule has 0 aromatic heterocycles. The molecule has 1 aromatic carbocycles. The van der Waals surface area contributed by atoms with E-state index in [4.69, 9.17) is 5.73 Å². The average Bonchev–Trinajstić information content (AvgIpc) is 2.44. The summed E-state index contributed by atoms with van der Waals surface area (Å²) in [6.07, 6.45) is 1.03. The van der Waals surface area contributed by atoms with Crippen LogP contribution in [0.1, 0.15) is 24.5 Å². The number of amides is 1. The Morgan fingerprint density at radius 3 is 2.95 bits per heavy atom. The van der Waals surface area contributed by atoms with Crippen LogP contribution in [0.3, 0.4) is 0 Å². The highest BCUT2D eigenvalue weighted by molar-refractivity contribution is 5.78. The summed E-state index contributed by atoms with van der Waals surface area (Å²) >= 11 is 0. The van der Waals surface area contributed by atoms with Crippen molar-refractivity contribution in [2.75, 3.05) is 19.6 Å². The van der Waals surface area contributed by atoms with Crippen molar-refractivity contribution in [2.45, 2.75) is 32.9 Å². The zero-order valence-corrected chi connectivity index (χ0v) is 12.7. The predicted molar refractivity (Wildman–Crippen MR) is 81.2 cm³/mol. The maximum absolute atomic E-state index is 13.2. The Kier molecular flexibility index (Phi) is 5.31. The molecule has 1 aromatic rings. The van der Waals surface area contributed by atoms with Gasteiger partial charge in [-0.15, -0.1) is 0 Å². The van der Waals surface area contributed by atoms with Gasteiger partial charge in [0.25, 0.3) is 0 Å². The third-order valence-electron chi connectivity index (χ3n) is 4.18. The van der Waals surface area contributed by atoms with Crippen LogP contribution in [0.5, 0.6) is 0 Å². The second-order valence-electron chi connectivity index (χ2n) is 6.03. The van der Waals surface area contributed by atoms with Crippen LogP contribution in [0.15, 0.2) is 18.2 Å². The van der Waals surface area contributed by atoms with Crippen LogP contribution >= 0.6 is 0 Å². The highest BCUT2D eigenvalue weighted by atomic mass is 19.1. The molecule has 5 heteroatoms. The summed E-state index contributed by atoms with van der Waals surface area (Å²) in [5.74, 6) is 0.284. The lowest BCUT2D eigenvalue weighted by molar-refractivity contribution is -0.122. The van der Waals surface area contributed by atoms with E-state index in [9.17, 15) is 9.18 Å². The Labute approximate surface area is 125 Å². The smallest absolute Gasteiger partial charge is 0.234 e. The van der Waals surface area contributed by atoms with Gasteiger partial charge < -0.3 is 11.1 Å². The minimum Gasteiger partial charge on any atom is -0.351 e. The van der Waals surface area contributed by atoms with E-state index in [2.05, 4.69) is 17.1 Å². The number of aryl methyl sites for hydroxylation is 1. The van der Waals surface area contributed by atoms with E-state index in [0.717, 1.165) is 25.1 Å². The molecule has 4 nitrogen and oxygen atoms in total. The highest BCUT2D eigenvalue weighted by Gasteiger charge is 2.24. The fraction of sp³-hybridized carbons (Fsp3) is 0.562. The van der Waals surface area contributed by atoms with E-state index in [-0.39, 0.29) is 17.8 Å². The number of halogens is 1. The maximum atomic E-state index is 13.2. The number of nitrogens with two attached hydrogens (primary N) is 1. The van der Waals surface area contributed by atoms with E-state index in [1.54, 1.807) is 19.1 Å². The molecule has 0 aliphatic carbocycles. The zero-order valence-electron chi connectivity index (χ0n) is 12.7. The van der Waals surface area contributed by atoms with Crippen LogP contribution < -0.4 is 11.1 Å². The number of piperidine rings is 1. The molecule has 21 heavy (non-hydrogen) atoms. The van der Waals surface area contributed by atoms with Gasteiger partial charge in [-0.3, -0.25) is 9.69 Å². The van der Waals surface area contributed by atoms with Gasteiger partial charge in [0.1, 0.15) is 5.82 Å². The van der Waals surface area contributed by atoms with Crippen molar-refractivity contribution < 1.29 is 9.18 Å². The Bertz CT molecular complexity index is 506. The van der Waals surface area contributed by atoms with Crippen LogP contribution in [-0.4, -0.2) is 36.5 Å². The first-order valence-electron chi connectivity index (χ1n) is 7.45. The first kappa shape index (κ1) is 15.9. The summed E-state index contributed by atoms with van der Waals surface area (Å²) in [6.45, 7) is 6.36. The number of hydrogen-bond acceptors (Lipinski definition) is 3. The minimum atomic E-state index is -0.221. The number of hydrogen-bond donors (Lipinski definition) is 2. The number of carbonyl (C=O) groups is 1. The Morgan fingerprint density at radius 2 is 2.29 bits per heavy atom. The molecule has 1 aliphatic heterocycles. The number of carbonyl (C=O) groups excluding carboxylic acids is 1. The van der Waals surface area contributed by atoms with Gasteiger partial charge in [0, 0.05) is 19.1 Å². The highest BCUT2D eigenvalue weighted by Crippen LogP contribution is 2.15. The lowest BCUT2D eigenvalue weighted by Gasteiger charge is -2.34. The van der Waals surface area contributed by atoms with Gasteiger partial charge in [-0.2, -0.15) is 0 Å². The SMILES string of the molecule is Cc1cc(CNC(=O)CN2CCC(C)C(N)C2)ccc1F. The zero-order chi connectivity index (χ0) is 15.4. The molecule has 3 N–H and O–H groups in total. The second kappa shape index (κ2) is 7.00. The predicted octanol–water partition coefficient (Wildman–Crippen LogP) is 1.42. The number of nitrogens with zero attached hydrogens (tertiary/aromatic N) is 1. The van der Waals surface area contributed by atoms with Crippen molar-refractivity contribution in [1.82, 2.24) is 10.2 Å². The monoisotopic (exact) mass is 293 g/mol. The van der Waals surface area contributed by atoms with Crippen molar-refractivity contribution in [1.29, 1.82) is 0 Å². The van der Waals surface area contributed by atoms with Crippen molar-refractivity contribution in [3.63, 3.8) is 0 Å². The van der Waals surface area contributed by atoms with Crippen LogP contribution in [0.25, 0.3) is 0 Å². The Hall–Kier alpha value is -1.46. The first-order chi connectivity index (χ1) is 9.95. The quantitative estimate of drug-likeness (QED) is 0.882. The summed E-state index contributed by atoms with van der Waals surface area (Å²) < 4.78 is 13.2. The van der Waals surface area contributed by atoms with Gasteiger partial charge in [-0.25, -0.2) is 4.39 Å². The van der Waals surface area contributed by atoms with Crippen molar-refractivity contribution in [3.05, 3.63) is 35.1 Å². The normalized spacial score (nSPS) is 23.0. The fourth-order valence-corrected chi connectivity index (χ4v) is 2.59. The van der Waals surface area contributed by atoms with Crippen molar-refractivity contribution in [2.24, 2.45) is 11.7 Å². The van der Waals surface area contributed by atoms with Crippen LogP contribution in [0.2, 0.25) is 0 Å². The number of nitrogens with one attached hydrogen (secondary N) is 1.